The predicted octanol–water partition coefficient (Wildman–Crippen LogP) is 2.43. The molecule has 2 atom stereocenters. The third kappa shape index (κ3) is 5.99. The van der Waals surface area contributed by atoms with E-state index in [0.29, 0.717) is 24.0 Å². The SMILES string of the molecule is NC(=O)NC(CC(=O)NCC(N)C1CC1)c1cccc(Oc2ccccc2)c1. The number of ether oxygens (including phenoxy) is 1. The van der Waals surface area contributed by atoms with Gasteiger partial charge in [-0.1, -0.05) is 30.3 Å². The average Bonchev–Trinajstić information content (AvgIpc) is 3.52. The van der Waals surface area contributed by atoms with Gasteiger partial charge in [0.25, 0.3) is 0 Å². The van der Waals surface area contributed by atoms with Gasteiger partial charge >= 0.3 is 6.03 Å². The maximum Gasteiger partial charge on any atom is 0.312 e. The van der Waals surface area contributed by atoms with E-state index >= 15 is 0 Å². The summed E-state index contributed by atoms with van der Waals surface area (Å²) >= 11 is 0. The van der Waals surface area contributed by atoms with Crippen LogP contribution in [0.2, 0.25) is 0 Å². The van der Waals surface area contributed by atoms with Gasteiger partial charge in [0, 0.05) is 12.6 Å². The lowest BCUT2D eigenvalue weighted by Crippen LogP contribution is -2.41. The Kier molecular flexibility index (Phi) is 6.49. The normalized spacial score (nSPS) is 15.3. The largest absolute Gasteiger partial charge is 0.457 e. The van der Waals surface area contributed by atoms with Crippen molar-refractivity contribution in [2.75, 3.05) is 6.54 Å². The molecule has 2 aromatic rings. The predicted molar refractivity (Wildman–Crippen MR) is 107 cm³/mol. The molecule has 0 aliphatic heterocycles. The van der Waals surface area contributed by atoms with Crippen molar-refractivity contribution >= 4 is 11.9 Å². The molecule has 0 saturated heterocycles. The number of nitrogens with one attached hydrogen (secondary N) is 2. The lowest BCUT2D eigenvalue weighted by Gasteiger charge is -2.19. The lowest BCUT2D eigenvalue weighted by molar-refractivity contribution is -0.121. The first-order chi connectivity index (χ1) is 13.5. The van der Waals surface area contributed by atoms with E-state index in [1.165, 1.54) is 0 Å². The Morgan fingerprint density at radius 1 is 1.07 bits per heavy atom. The summed E-state index contributed by atoms with van der Waals surface area (Å²) in [5.74, 6) is 1.62. The van der Waals surface area contributed by atoms with Crippen LogP contribution in [0.15, 0.2) is 54.6 Å². The minimum absolute atomic E-state index is 0.0194. The molecule has 3 amide bonds. The number of hydrogen-bond acceptors (Lipinski definition) is 4. The number of primary amides is 1. The lowest BCUT2D eigenvalue weighted by atomic mass is 10.0. The van der Waals surface area contributed by atoms with E-state index in [1.54, 1.807) is 6.07 Å². The van der Waals surface area contributed by atoms with E-state index in [-0.39, 0.29) is 18.4 Å². The van der Waals surface area contributed by atoms with Gasteiger partial charge in [0.2, 0.25) is 5.91 Å². The van der Waals surface area contributed by atoms with Crippen LogP contribution >= 0.6 is 0 Å². The summed E-state index contributed by atoms with van der Waals surface area (Å²) < 4.78 is 5.83. The average molecular weight is 382 g/mol. The van der Waals surface area contributed by atoms with Crippen LogP contribution in [-0.2, 0) is 4.79 Å². The van der Waals surface area contributed by atoms with E-state index in [4.69, 9.17) is 16.2 Å². The van der Waals surface area contributed by atoms with Gasteiger partial charge in [0.15, 0.2) is 0 Å². The van der Waals surface area contributed by atoms with Crippen molar-refractivity contribution in [3.05, 3.63) is 60.2 Å². The van der Waals surface area contributed by atoms with Crippen LogP contribution in [0.1, 0.15) is 30.9 Å². The fourth-order valence-electron chi connectivity index (χ4n) is 3.02. The first-order valence-electron chi connectivity index (χ1n) is 9.42. The van der Waals surface area contributed by atoms with Gasteiger partial charge < -0.3 is 26.8 Å². The topological polar surface area (TPSA) is 119 Å². The van der Waals surface area contributed by atoms with Crippen molar-refractivity contribution in [2.24, 2.45) is 17.4 Å². The maximum atomic E-state index is 12.3. The molecule has 2 unspecified atom stereocenters. The number of carbonyl (C=O) groups excluding carboxylic acids is 2. The third-order valence-corrected chi connectivity index (χ3v) is 4.71. The number of amides is 3. The molecule has 6 N–H and O–H groups in total. The summed E-state index contributed by atoms with van der Waals surface area (Å²) in [5.41, 5.74) is 12.1. The van der Waals surface area contributed by atoms with Gasteiger partial charge in [-0.25, -0.2) is 4.79 Å². The molecule has 0 bridgehead atoms. The maximum absolute atomic E-state index is 12.3. The highest BCUT2D eigenvalue weighted by Crippen LogP contribution is 2.31. The van der Waals surface area contributed by atoms with Gasteiger partial charge in [-0.2, -0.15) is 0 Å². The van der Waals surface area contributed by atoms with E-state index in [9.17, 15) is 9.59 Å². The first kappa shape index (κ1) is 19.7. The second-order valence-corrected chi connectivity index (χ2v) is 7.06. The molecule has 2 aromatic carbocycles. The Bertz CT molecular complexity index is 808. The zero-order valence-corrected chi connectivity index (χ0v) is 15.6. The van der Waals surface area contributed by atoms with Gasteiger partial charge in [0.1, 0.15) is 11.5 Å². The van der Waals surface area contributed by atoms with E-state index in [2.05, 4.69) is 10.6 Å². The minimum Gasteiger partial charge on any atom is -0.457 e. The molecular formula is C21H26N4O3. The summed E-state index contributed by atoms with van der Waals surface area (Å²) in [7, 11) is 0. The van der Waals surface area contributed by atoms with Crippen LogP contribution in [0.5, 0.6) is 11.5 Å². The van der Waals surface area contributed by atoms with E-state index in [0.717, 1.165) is 18.4 Å². The highest BCUT2D eigenvalue weighted by atomic mass is 16.5. The Labute approximate surface area is 164 Å². The first-order valence-corrected chi connectivity index (χ1v) is 9.42. The zero-order chi connectivity index (χ0) is 19.9. The summed E-state index contributed by atoms with van der Waals surface area (Å²) in [5, 5.41) is 5.48. The fourth-order valence-corrected chi connectivity index (χ4v) is 3.02. The second kappa shape index (κ2) is 9.23. The van der Waals surface area contributed by atoms with E-state index < -0.39 is 12.1 Å². The molecule has 1 aliphatic carbocycles. The highest BCUT2D eigenvalue weighted by molar-refractivity contribution is 5.78. The van der Waals surface area contributed by atoms with Crippen LogP contribution in [0, 0.1) is 5.92 Å². The Balaban J connectivity index is 1.65. The molecule has 0 aromatic heterocycles. The summed E-state index contributed by atoms with van der Waals surface area (Å²) in [6, 6.07) is 15.3. The molecule has 28 heavy (non-hydrogen) atoms. The Morgan fingerprint density at radius 2 is 1.79 bits per heavy atom. The van der Waals surface area contributed by atoms with E-state index in [1.807, 2.05) is 48.5 Å². The van der Waals surface area contributed by atoms with Gasteiger partial charge in [-0.3, -0.25) is 4.79 Å². The van der Waals surface area contributed by atoms with Crippen molar-refractivity contribution in [1.29, 1.82) is 0 Å². The van der Waals surface area contributed by atoms with Crippen molar-refractivity contribution in [2.45, 2.75) is 31.3 Å². The molecule has 1 aliphatic rings. The number of carbonyl (C=O) groups is 2. The highest BCUT2D eigenvalue weighted by Gasteiger charge is 2.28. The molecule has 0 heterocycles. The van der Waals surface area contributed by atoms with Gasteiger partial charge in [0.05, 0.1) is 12.5 Å². The third-order valence-electron chi connectivity index (χ3n) is 4.71. The van der Waals surface area contributed by atoms with Crippen LogP contribution in [0.25, 0.3) is 0 Å². The molecule has 148 valence electrons. The number of nitrogens with two attached hydrogens (primary N) is 2. The monoisotopic (exact) mass is 382 g/mol. The minimum atomic E-state index is -0.693. The quantitative estimate of drug-likeness (QED) is 0.532. The smallest absolute Gasteiger partial charge is 0.312 e. The molecular weight excluding hydrogens is 356 g/mol. The summed E-state index contributed by atoms with van der Waals surface area (Å²) in [6.45, 7) is 0.434. The molecule has 3 rings (SSSR count). The molecule has 0 radical (unpaired) electrons. The van der Waals surface area contributed by atoms with Crippen molar-refractivity contribution in [3.63, 3.8) is 0 Å². The Hall–Kier alpha value is -3.06. The van der Waals surface area contributed by atoms with Crippen LogP contribution in [0.3, 0.4) is 0 Å². The van der Waals surface area contributed by atoms with Crippen LogP contribution in [0.4, 0.5) is 4.79 Å². The zero-order valence-electron chi connectivity index (χ0n) is 15.6. The fraction of sp³-hybridized carbons (Fsp3) is 0.333. The molecule has 0 spiro atoms. The van der Waals surface area contributed by atoms with Crippen molar-refractivity contribution in [3.8, 4) is 11.5 Å². The molecule has 7 heteroatoms. The number of hydrogen-bond donors (Lipinski definition) is 4. The molecule has 1 fully saturated rings. The number of benzene rings is 2. The van der Waals surface area contributed by atoms with Crippen LogP contribution < -0.4 is 26.8 Å². The standard InChI is InChI=1S/C21H26N4O3/c22-18(14-9-10-14)13-24-20(26)12-19(25-21(23)27)15-5-4-8-17(11-15)28-16-6-2-1-3-7-16/h1-8,11,14,18-19H,9-10,12-13,22H2,(H,24,26)(H3,23,25,27). The molecule has 7 nitrogen and oxygen atoms in total. The number of rotatable bonds is 9. The number of urea groups is 1. The van der Waals surface area contributed by atoms with Crippen molar-refractivity contribution in [1.82, 2.24) is 10.6 Å². The van der Waals surface area contributed by atoms with Gasteiger partial charge in [-0.15, -0.1) is 0 Å². The molecule has 1 saturated carbocycles. The summed E-state index contributed by atoms with van der Waals surface area (Å²) in [6.07, 6.45) is 2.31. The van der Waals surface area contributed by atoms with Crippen molar-refractivity contribution < 1.29 is 14.3 Å². The second-order valence-electron chi connectivity index (χ2n) is 7.06. The summed E-state index contributed by atoms with van der Waals surface area (Å²) in [4.78, 5) is 23.8. The van der Waals surface area contributed by atoms with Crippen LogP contribution in [-0.4, -0.2) is 24.5 Å². The van der Waals surface area contributed by atoms with Gasteiger partial charge in [-0.05, 0) is 48.6 Å². The number of para-hydroxylation sites is 1. The Morgan fingerprint density at radius 3 is 2.46 bits per heavy atom.